The number of aromatic nitrogens is 1. The Balaban J connectivity index is 1.07. The van der Waals surface area contributed by atoms with Crippen LogP contribution in [0.15, 0.2) is 241 Å². The van der Waals surface area contributed by atoms with Gasteiger partial charge in [0.1, 0.15) is 11.2 Å². The van der Waals surface area contributed by atoms with Gasteiger partial charge in [0.05, 0.1) is 22.1 Å². The summed E-state index contributed by atoms with van der Waals surface area (Å²) in [5, 5.41) is 4.64. The van der Waals surface area contributed by atoms with Crippen LogP contribution in [0.3, 0.4) is 0 Å². The van der Waals surface area contributed by atoms with Crippen LogP contribution in [0.4, 0.5) is 17.1 Å². The Bertz CT molecular complexity index is 3590. The molecule has 64 heavy (non-hydrogen) atoms. The molecule has 12 aromatic rings. The summed E-state index contributed by atoms with van der Waals surface area (Å²) < 4.78 is 9.32. The van der Waals surface area contributed by atoms with E-state index in [-0.39, 0.29) is 0 Å². The summed E-state index contributed by atoms with van der Waals surface area (Å²) in [6, 6.07) is 85.0. The minimum atomic E-state index is 0.855. The summed E-state index contributed by atoms with van der Waals surface area (Å²) >= 11 is 0. The Labute approximate surface area is 372 Å². The fourth-order valence-corrected chi connectivity index (χ4v) is 9.81. The predicted octanol–water partition coefficient (Wildman–Crippen LogP) is 17.1. The number of para-hydroxylation sites is 3. The first-order chi connectivity index (χ1) is 31.7. The average molecular weight is 819 g/mol. The van der Waals surface area contributed by atoms with Crippen molar-refractivity contribution in [2.24, 2.45) is 0 Å². The van der Waals surface area contributed by atoms with E-state index in [4.69, 9.17) is 4.42 Å². The Morgan fingerprint density at radius 1 is 0.391 bits per heavy atom. The number of fused-ring (bicyclic) bond motifs is 6. The molecular formula is C61H42N2O. The first kappa shape index (κ1) is 37.4. The van der Waals surface area contributed by atoms with Crippen molar-refractivity contribution in [2.75, 3.05) is 4.90 Å². The average Bonchev–Trinajstić information content (AvgIpc) is 3.92. The Hall–Kier alpha value is -8.40. The van der Waals surface area contributed by atoms with Crippen molar-refractivity contribution >= 4 is 60.8 Å². The molecule has 0 saturated heterocycles. The molecular weight excluding hydrogens is 777 g/mol. The highest BCUT2D eigenvalue weighted by molar-refractivity contribution is 6.17. The first-order valence-corrected chi connectivity index (χ1v) is 21.9. The third-order valence-electron chi connectivity index (χ3n) is 12.7. The molecule has 0 amide bonds. The third kappa shape index (κ3) is 6.29. The molecule has 0 unspecified atom stereocenters. The highest BCUT2D eigenvalue weighted by Crippen LogP contribution is 2.48. The van der Waals surface area contributed by atoms with Crippen molar-refractivity contribution in [3.63, 3.8) is 0 Å². The largest absolute Gasteiger partial charge is 0.455 e. The second-order valence-electron chi connectivity index (χ2n) is 16.5. The van der Waals surface area contributed by atoms with Gasteiger partial charge in [-0.3, -0.25) is 0 Å². The molecule has 0 radical (unpaired) electrons. The van der Waals surface area contributed by atoms with Gasteiger partial charge >= 0.3 is 0 Å². The van der Waals surface area contributed by atoms with Gasteiger partial charge in [-0.1, -0.05) is 170 Å². The molecule has 0 aliphatic rings. The molecule has 3 nitrogen and oxygen atoms in total. The second kappa shape index (κ2) is 15.5. The SMILES string of the molecule is Cc1cc(N(c2ccc(-c3ccccc3)cc2)c2ccc(-c3ccc(-n4c5ccccc5c5ccccc54)cc3)c3oc4ccccc4c23)cc(-c2ccccc2)c1-c1ccccc1. The van der Waals surface area contributed by atoms with Crippen LogP contribution in [0.2, 0.25) is 0 Å². The normalized spacial score (nSPS) is 11.5. The van der Waals surface area contributed by atoms with Gasteiger partial charge in [0.15, 0.2) is 0 Å². The Kier molecular flexibility index (Phi) is 9.05. The van der Waals surface area contributed by atoms with Crippen LogP contribution >= 0.6 is 0 Å². The highest BCUT2D eigenvalue weighted by Gasteiger charge is 2.24. The van der Waals surface area contributed by atoms with Gasteiger partial charge in [0, 0.05) is 38.8 Å². The molecule has 0 bridgehead atoms. The molecule has 0 atom stereocenters. The van der Waals surface area contributed by atoms with E-state index >= 15 is 0 Å². The summed E-state index contributed by atoms with van der Waals surface area (Å²) in [5.41, 5.74) is 18.9. The van der Waals surface area contributed by atoms with Crippen LogP contribution in [0.1, 0.15) is 5.56 Å². The summed E-state index contributed by atoms with van der Waals surface area (Å²) in [6.07, 6.45) is 0. The van der Waals surface area contributed by atoms with Gasteiger partial charge in [-0.25, -0.2) is 0 Å². The topological polar surface area (TPSA) is 21.3 Å². The van der Waals surface area contributed by atoms with Crippen LogP contribution in [-0.4, -0.2) is 4.57 Å². The zero-order chi connectivity index (χ0) is 42.6. The lowest BCUT2D eigenvalue weighted by Gasteiger charge is -2.29. The molecule has 3 heteroatoms. The lowest BCUT2D eigenvalue weighted by atomic mass is 9.90. The minimum Gasteiger partial charge on any atom is -0.455 e. The predicted molar refractivity (Wildman–Crippen MR) is 269 cm³/mol. The Morgan fingerprint density at radius 2 is 0.906 bits per heavy atom. The molecule has 0 spiro atoms. The summed E-state index contributed by atoms with van der Waals surface area (Å²) in [7, 11) is 0. The second-order valence-corrected chi connectivity index (χ2v) is 16.5. The number of anilines is 3. The maximum atomic E-state index is 6.96. The van der Waals surface area contributed by atoms with Gasteiger partial charge < -0.3 is 13.9 Å². The van der Waals surface area contributed by atoms with Gasteiger partial charge in [-0.05, 0) is 118 Å². The number of hydrogen-bond acceptors (Lipinski definition) is 2. The van der Waals surface area contributed by atoms with E-state index in [1.54, 1.807) is 0 Å². The molecule has 0 aliphatic heterocycles. The van der Waals surface area contributed by atoms with Gasteiger partial charge in [-0.2, -0.15) is 0 Å². The lowest BCUT2D eigenvalue weighted by molar-refractivity contribution is 0.670. The van der Waals surface area contributed by atoms with Gasteiger partial charge in [0.2, 0.25) is 0 Å². The van der Waals surface area contributed by atoms with Crippen molar-refractivity contribution in [3.8, 4) is 50.2 Å². The monoisotopic (exact) mass is 818 g/mol. The van der Waals surface area contributed by atoms with Crippen molar-refractivity contribution < 1.29 is 4.42 Å². The van der Waals surface area contributed by atoms with E-state index in [0.717, 1.165) is 55.8 Å². The van der Waals surface area contributed by atoms with Gasteiger partial charge in [-0.15, -0.1) is 0 Å². The quantitative estimate of drug-likeness (QED) is 0.152. The number of furan rings is 1. The zero-order valence-corrected chi connectivity index (χ0v) is 35.3. The van der Waals surface area contributed by atoms with Crippen LogP contribution in [0.5, 0.6) is 0 Å². The minimum absolute atomic E-state index is 0.855. The molecule has 0 fully saturated rings. The maximum absolute atomic E-state index is 6.96. The van der Waals surface area contributed by atoms with Crippen molar-refractivity contribution in [1.29, 1.82) is 0 Å². The molecule has 0 aliphatic carbocycles. The van der Waals surface area contributed by atoms with Crippen molar-refractivity contribution in [1.82, 2.24) is 4.57 Å². The number of aryl methyl sites for hydroxylation is 1. The molecule has 302 valence electrons. The first-order valence-electron chi connectivity index (χ1n) is 21.9. The summed E-state index contributed by atoms with van der Waals surface area (Å²) in [6.45, 7) is 2.24. The van der Waals surface area contributed by atoms with E-state index in [0.29, 0.717) is 0 Å². The van der Waals surface area contributed by atoms with Crippen molar-refractivity contribution in [2.45, 2.75) is 6.92 Å². The van der Waals surface area contributed by atoms with Gasteiger partial charge in [0.25, 0.3) is 0 Å². The van der Waals surface area contributed by atoms with E-state index < -0.39 is 0 Å². The number of rotatable bonds is 8. The zero-order valence-electron chi connectivity index (χ0n) is 35.3. The van der Waals surface area contributed by atoms with E-state index in [9.17, 15) is 0 Å². The van der Waals surface area contributed by atoms with E-state index in [2.05, 4.69) is 253 Å². The number of hydrogen-bond donors (Lipinski definition) is 0. The molecule has 12 rings (SSSR count). The van der Waals surface area contributed by atoms with Crippen molar-refractivity contribution in [3.05, 3.63) is 242 Å². The molecule has 10 aromatic carbocycles. The Morgan fingerprint density at radius 3 is 1.56 bits per heavy atom. The fourth-order valence-electron chi connectivity index (χ4n) is 9.81. The third-order valence-corrected chi connectivity index (χ3v) is 12.7. The molecule has 2 heterocycles. The van der Waals surface area contributed by atoms with E-state index in [1.165, 1.54) is 60.8 Å². The van der Waals surface area contributed by atoms with Crippen LogP contribution in [0.25, 0.3) is 93.9 Å². The molecule has 0 N–H and O–H groups in total. The summed E-state index contributed by atoms with van der Waals surface area (Å²) in [5.74, 6) is 0. The van der Waals surface area contributed by atoms with Crippen LogP contribution < -0.4 is 4.90 Å². The van der Waals surface area contributed by atoms with Crippen LogP contribution in [0, 0.1) is 6.92 Å². The van der Waals surface area contributed by atoms with Crippen LogP contribution in [-0.2, 0) is 0 Å². The smallest absolute Gasteiger partial charge is 0.145 e. The molecule has 2 aromatic heterocycles. The van der Waals surface area contributed by atoms with E-state index in [1.807, 2.05) is 0 Å². The highest BCUT2D eigenvalue weighted by atomic mass is 16.3. The number of nitrogens with zero attached hydrogens (tertiary/aromatic N) is 2. The maximum Gasteiger partial charge on any atom is 0.145 e. The standard InChI is InChI=1S/C61H42N2O/c1-41-39-49(40-54(44-19-7-3-8-20-44)59(41)46-21-9-4-10-22-46)62(47-33-29-43(30-34-47)42-17-5-2-6-18-42)57-38-37-50(61-60(57)53-25-13-16-28-58(53)64-61)45-31-35-48(36-32-45)63-55-26-14-11-23-51(55)52-24-12-15-27-56(52)63/h2-40H,1H3. The summed E-state index contributed by atoms with van der Waals surface area (Å²) in [4.78, 5) is 2.42. The molecule has 0 saturated carbocycles. The number of benzene rings is 10. The fraction of sp³-hybridized carbons (Fsp3) is 0.0164. The lowest BCUT2D eigenvalue weighted by Crippen LogP contribution is -2.11.